The van der Waals surface area contributed by atoms with Crippen LogP contribution in [0, 0.1) is 11.3 Å². The highest BCUT2D eigenvalue weighted by Crippen LogP contribution is 2.51. The average molecular weight is 280 g/mol. The molecule has 19 heavy (non-hydrogen) atoms. The van der Waals surface area contributed by atoms with Crippen LogP contribution >= 0.6 is 11.6 Å². The van der Waals surface area contributed by atoms with Crippen molar-refractivity contribution in [3.05, 3.63) is 34.9 Å². The summed E-state index contributed by atoms with van der Waals surface area (Å²) in [5.74, 6) is 0.691. The van der Waals surface area contributed by atoms with E-state index in [1.807, 2.05) is 12.1 Å². The average Bonchev–Trinajstić information content (AvgIpc) is 2.41. The van der Waals surface area contributed by atoms with Crippen LogP contribution in [0.3, 0.4) is 0 Å². The van der Waals surface area contributed by atoms with E-state index in [9.17, 15) is 0 Å². The standard InChI is InChI=1S/C16H22ClNO/c1-16(2)14(13-4-3-9-19-15(13)16)18-10-11-5-7-12(17)8-6-11/h5-8,13-15,18H,3-4,9-10H2,1-2H3. The quantitative estimate of drug-likeness (QED) is 0.912. The predicted molar refractivity (Wildman–Crippen MR) is 78.3 cm³/mol. The zero-order valence-corrected chi connectivity index (χ0v) is 12.4. The lowest BCUT2D eigenvalue weighted by atomic mass is 9.55. The second kappa shape index (κ2) is 5.08. The van der Waals surface area contributed by atoms with Gasteiger partial charge in [-0.25, -0.2) is 0 Å². The van der Waals surface area contributed by atoms with E-state index in [1.54, 1.807) is 0 Å². The summed E-state index contributed by atoms with van der Waals surface area (Å²) >= 11 is 5.91. The fourth-order valence-corrected chi connectivity index (χ4v) is 3.89. The highest BCUT2D eigenvalue weighted by molar-refractivity contribution is 6.30. The summed E-state index contributed by atoms with van der Waals surface area (Å²) in [6.45, 7) is 6.49. The normalized spacial score (nSPS) is 32.5. The molecule has 1 aromatic carbocycles. The van der Waals surface area contributed by atoms with Crippen molar-refractivity contribution >= 4 is 11.6 Å². The molecular formula is C16H22ClNO. The maximum atomic E-state index is 5.93. The molecule has 1 aliphatic heterocycles. The number of rotatable bonds is 3. The van der Waals surface area contributed by atoms with E-state index >= 15 is 0 Å². The Balaban J connectivity index is 1.62. The summed E-state index contributed by atoms with van der Waals surface area (Å²) in [4.78, 5) is 0. The molecule has 0 bridgehead atoms. The Hall–Kier alpha value is -0.570. The van der Waals surface area contributed by atoms with Crippen LogP contribution in [0.2, 0.25) is 5.02 Å². The molecule has 2 nitrogen and oxygen atoms in total. The molecular weight excluding hydrogens is 258 g/mol. The van der Waals surface area contributed by atoms with Gasteiger partial charge in [0, 0.05) is 35.5 Å². The number of ether oxygens (including phenoxy) is 1. The molecule has 3 rings (SSSR count). The number of halogens is 1. The van der Waals surface area contributed by atoms with E-state index in [1.165, 1.54) is 18.4 Å². The Morgan fingerprint density at radius 3 is 2.79 bits per heavy atom. The molecule has 1 N–H and O–H groups in total. The molecule has 1 saturated carbocycles. The van der Waals surface area contributed by atoms with Crippen LogP contribution in [0.1, 0.15) is 32.3 Å². The van der Waals surface area contributed by atoms with E-state index < -0.39 is 0 Å². The number of benzene rings is 1. The van der Waals surface area contributed by atoms with Gasteiger partial charge >= 0.3 is 0 Å². The van der Waals surface area contributed by atoms with E-state index in [-0.39, 0.29) is 5.41 Å². The number of hydrogen-bond acceptors (Lipinski definition) is 2. The number of nitrogens with one attached hydrogen (secondary N) is 1. The van der Waals surface area contributed by atoms with Crippen molar-refractivity contribution in [1.29, 1.82) is 0 Å². The summed E-state index contributed by atoms with van der Waals surface area (Å²) in [6.07, 6.45) is 2.95. The van der Waals surface area contributed by atoms with Crippen molar-refractivity contribution in [3.8, 4) is 0 Å². The first-order chi connectivity index (χ1) is 9.09. The summed E-state index contributed by atoms with van der Waals surface area (Å²) in [5.41, 5.74) is 1.54. The Bertz CT molecular complexity index is 443. The van der Waals surface area contributed by atoms with E-state index in [0.717, 1.165) is 18.2 Å². The number of fused-ring (bicyclic) bond motifs is 1. The van der Waals surface area contributed by atoms with Gasteiger partial charge in [-0.15, -0.1) is 0 Å². The van der Waals surface area contributed by atoms with Crippen LogP contribution in [0.15, 0.2) is 24.3 Å². The van der Waals surface area contributed by atoms with Gasteiger partial charge in [-0.3, -0.25) is 0 Å². The van der Waals surface area contributed by atoms with Gasteiger partial charge in [-0.05, 0) is 30.5 Å². The lowest BCUT2D eigenvalue weighted by Crippen LogP contribution is -2.69. The Morgan fingerprint density at radius 1 is 1.32 bits per heavy atom. The highest BCUT2D eigenvalue weighted by Gasteiger charge is 2.57. The molecule has 0 radical (unpaired) electrons. The van der Waals surface area contributed by atoms with Gasteiger partial charge in [0.1, 0.15) is 0 Å². The SMILES string of the molecule is CC1(C)C(NCc2ccc(Cl)cc2)C2CCCOC21. The van der Waals surface area contributed by atoms with Gasteiger partial charge in [-0.2, -0.15) is 0 Å². The molecule has 3 heteroatoms. The Labute approximate surface area is 120 Å². The van der Waals surface area contributed by atoms with Gasteiger partial charge in [0.2, 0.25) is 0 Å². The number of hydrogen-bond donors (Lipinski definition) is 1. The van der Waals surface area contributed by atoms with Gasteiger partial charge in [-0.1, -0.05) is 37.6 Å². The van der Waals surface area contributed by atoms with Crippen molar-refractivity contribution in [3.63, 3.8) is 0 Å². The molecule has 1 aliphatic carbocycles. The molecule has 1 saturated heterocycles. The summed E-state index contributed by atoms with van der Waals surface area (Å²) in [5, 5.41) is 4.52. The predicted octanol–water partition coefficient (Wildman–Crippen LogP) is 3.63. The van der Waals surface area contributed by atoms with Crippen LogP contribution in [-0.4, -0.2) is 18.8 Å². The Morgan fingerprint density at radius 2 is 2.05 bits per heavy atom. The van der Waals surface area contributed by atoms with Gasteiger partial charge < -0.3 is 10.1 Å². The molecule has 3 atom stereocenters. The molecule has 0 aromatic heterocycles. The molecule has 3 unspecified atom stereocenters. The second-order valence-electron chi connectivity index (χ2n) is 6.40. The summed E-state index contributed by atoms with van der Waals surface area (Å²) in [7, 11) is 0. The minimum absolute atomic E-state index is 0.248. The smallest absolute Gasteiger partial charge is 0.0684 e. The second-order valence-corrected chi connectivity index (χ2v) is 6.84. The van der Waals surface area contributed by atoms with Crippen LogP contribution in [-0.2, 0) is 11.3 Å². The maximum Gasteiger partial charge on any atom is 0.0684 e. The third kappa shape index (κ3) is 2.42. The van der Waals surface area contributed by atoms with E-state index in [4.69, 9.17) is 16.3 Å². The zero-order chi connectivity index (χ0) is 13.5. The molecule has 2 fully saturated rings. The monoisotopic (exact) mass is 279 g/mol. The third-order valence-electron chi connectivity index (χ3n) is 4.77. The largest absolute Gasteiger partial charge is 0.377 e. The van der Waals surface area contributed by atoms with E-state index in [0.29, 0.717) is 18.1 Å². The maximum absolute atomic E-state index is 5.93. The van der Waals surface area contributed by atoms with Crippen molar-refractivity contribution in [1.82, 2.24) is 5.32 Å². The molecule has 1 heterocycles. The van der Waals surface area contributed by atoms with Gasteiger partial charge in [0.15, 0.2) is 0 Å². The zero-order valence-electron chi connectivity index (χ0n) is 11.7. The van der Waals surface area contributed by atoms with Crippen LogP contribution < -0.4 is 5.32 Å². The molecule has 2 aliphatic rings. The summed E-state index contributed by atoms with van der Waals surface area (Å²) < 4.78 is 5.93. The Kier molecular flexibility index (Phi) is 3.59. The van der Waals surface area contributed by atoms with Crippen LogP contribution in [0.4, 0.5) is 0 Å². The highest BCUT2D eigenvalue weighted by atomic mass is 35.5. The molecule has 0 amide bonds. The van der Waals surface area contributed by atoms with Crippen molar-refractivity contribution in [2.24, 2.45) is 11.3 Å². The first-order valence-electron chi connectivity index (χ1n) is 7.18. The molecule has 1 aromatic rings. The van der Waals surface area contributed by atoms with Gasteiger partial charge in [0.05, 0.1) is 6.10 Å². The lowest BCUT2D eigenvalue weighted by Gasteiger charge is -2.60. The molecule has 0 spiro atoms. The molecule has 104 valence electrons. The third-order valence-corrected chi connectivity index (χ3v) is 5.02. The van der Waals surface area contributed by atoms with Crippen molar-refractivity contribution < 1.29 is 4.74 Å². The minimum Gasteiger partial charge on any atom is -0.377 e. The van der Waals surface area contributed by atoms with Crippen LogP contribution in [0.5, 0.6) is 0 Å². The fourth-order valence-electron chi connectivity index (χ4n) is 3.77. The first kappa shape index (κ1) is 13.4. The minimum atomic E-state index is 0.248. The van der Waals surface area contributed by atoms with Crippen molar-refractivity contribution in [2.45, 2.75) is 45.4 Å². The van der Waals surface area contributed by atoms with E-state index in [2.05, 4.69) is 31.3 Å². The van der Waals surface area contributed by atoms with Crippen LogP contribution in [0.25, 0.3) is 0 Å². The topological polar surface area (TPSA) is 21.3 Å². The summed E-state index contributed by atoms with van der Waals surface area (Å²) in [6, 6.07) is 8.66. The van der Waals surface area contributed by atoms with Gasteiger partial charge in [0.25, 0.3) is 0 Å². The lowest BCUT2D eigenvalue weighted by molar-refractivity contribution is -0.192. The van der Waals surface area contributed by atoms with Crippen molar-refractivity contribution in [2.75, 3.05) is 6.61 Å². The fraction of sp³-hybridized carbons (Fsp3) is 0.625. The first-order valence-corrected chi connectivity index (χ1v) is 7.56.